The van der Waals surface area contributed by atoms with Gasteiger partial charge in [-0.3, -0.25) is 4.79 Å². The normalized spacial score (nSPS) is 17.3. The van der Waals surface area contributed by atoms with Crippen molar-refractivity contribution >= 4 is 15.9 Å². The molecule has 0 atom stereocenters. The molecule has 0 aromatic heterocycles. The molecular formula is C11H13FN2O3S. The second-order valence-electron chi connectivity index (χ2n) is 4.70. The van der Waals surface area contributed by atoms with Crippen LogP contribution >= 0.6 is 0 Å². The molecule has 2 rings (SSSR count). The Bertz CT molecular complexity index is 609. The number of hydrogen-bond donors (Lipinski definition) is 2. The lowest BCUT2D eigenvalue weighted by molar-refractivity contribution is 0.0931. The standard InChI is InChI=1S/C11H13FN2O3S/c1-11(4-5-11)14-10(15)8-3-2-7(6-9(8)12)18(13,16)17/h2-3,6H,4-5H2,1H3,(H,14,15)(H2,13,16,17). The van der Waals surface area contributed by atoms with Gasteiger partial charge in [0.2, 0.25) is 10.0 Å². The maximum Gasteiger partial charge on any atom is 0.254 e. The highest BCUT2D eigenvalue weighted by Crippen LogP contribution is 2.34. The Morgan fingerprint density at radius 1 is 1.44 bits per heavy atom. The molecule has 7 heteroatoms. The third-order valence-electron chi connectivity index (χ3n) is 2.93. The van der Waals surface area contributed by atoms with Crippen molar-refractivity contribution in [1.82, 2.24) is 5.32 Å². The zero-order valence-corrected chi connectivity index (χ0v) is 10.6. The Morgan fingerprint density at radius 3 is 2.50 bits per heavy atom. The molecule has 98 valence electrons. The number of halogens is 1. The van der Waals surface area contributed by atoms with Gasteiger partial charge in [-0.25, -0.2) is 17.9 Å². The lowest BCUT2D eigenvalue weighted by atomic mass is 10.2. The molecule has 0 aliphatic heterocycles. The summed E-state index contributed by atoms with van der Waals surface area (Å²) in [6.45, 7) is 1.86. The number of amides is 1. The van der Waals surface area contributed by atoms with E-state index < -0.39 is 21.7 Å². The molecule has 5 nitrogen and oxygen atoms in total. The van der Waals surface area contributed by atoms with Crippen LogP contribution in [0.4, 0.5) is 4.39 Å². The highest BCUT2D eigenvalue weighted by Gasteiger charge is 2.39. The number of sulfonamides is 1. The van der Waals surface area contributed by atoms with Gasteiger partial charge in [0.15, 0.2) is 0 Å². The van der Waals surface area contributed by atoms with Gasteiger partial charge < -0.3 is 5.32 Å². The summed E-state index contributed by atoms with van der Waals surface area (Å²) in [7, 11) is -3.96. The van der Waals surface area contributed by atoms with E-state index in [0.29, 0.717) is 0 Å². The summed E-state index contributed by atoms with van der Waals surface area (Å²) in [6, 6.07) is 2.98. The number of carbonyl (C=O) groups excluding carboxylic acids is 1. The van der Waals surface area contributed by atoms with Gasteiger partial charge in [0.1, 0.15) is 5.82 Å². The Labute approximate surface area is 104 Å². The quantitative estimate of drug-likeness (QED) is 0.851. The minimum atomic E-state index is -3.96. The number of rotatable bonds is 3. The van der Waals surface area contributed by atoms with Crippen LogP contribution in [0.3, 0.4) is 0 Å². The van der Waals surface area contributed by atoms with Crippen molar-refractivity contribution in [1.29, 1.82) is 0 Å². The van der Waals surface area contributed by atoms with Crippen molar-refractivity contribution in [3.63, 3.8) is 0 Å². The number of carbonyl (C=O) groups is 1. The van der Waals surface area contributed by atoms with E-state index >= 15 is 0 Å². The first-order chi connectivity index (χ1) is 8.21. The van der Waals surface area contributed by atoms with Crippen molar-refractivity contribution in [3.8, 4) is 0 Å². The Kier molecular flexibility index (Phi) is 2.90. The molecule has 3 N–H and O–H groups in total. The van der Waals surface area contributed by atoms with Crippen LogP contribution < -0.4 is 10.5 Å². The van der Waals surface area contributed by atoms with Crippen LogP contribution in [0.25, 0.3) is 0 Å². The maximum atomic E-state index is 13.6. The van der Waals surface area contributed by atoms with Crippen LogP contribution in [-0.2, 0) is 10.0 Å². The van der Waals surface area contributed by atoms with E-state index in [1.807, 2.05) is 6.92 Å². The third kappa shape index (κ3) is 2.68. The lowest BCUT2D eigenvalue weighted by Crippen LogP contribution is -2.34. The van der Waals surface area contributed by atoms with Gasteiger partial charge in [0.05, 0.1) is 10.5 Å². The molecule has 0 bridgehead atoms. The second kappa shape index (κ2) is 4.03. The summed E-state index contributed by atoms with van der Waals surface area (Å²) in [4.78, 5) is 11.4. The van der Waals surface area contributed by atoms with Gasteiger partial charge in [0, 0.05) is 5.54 Å². The molecule has 1 aliphatic rings. The van der Waals surface area contributed by atoms with Crippen molar-refractivity contribution in [2.24, 2.45) is 5.14 Å². The van der Waals surface area contributed by atoms with Gasteiger partial charge in [-0.15, -0.1) is 0 Å². The monoisotopic (exact) mass is 272 g/mol. The summed E-state index contributed by atoms with van der Waals surface area (Å²) in [6.07, 6.45) is 1.71. The predicted octanol–water partition coefficient (Wildman–Crippen LogP) is 0.755. The Balaban J connectivity index is 2.27. The summed E-state index contributed by atoms with van der Waals surface area (Å²) >= 11 is 0. The van der Waals surface area contributed by atoms with E-state index in [9.17, 15) is 17.6 Å². The van der Waals surface area contributed by atoms with E-state index in [1.54, 1.807) is 0 Å². The van der Waals surface area contributed by atoms with Crippen molar-refractivity contribution in [2.75, 3.05) is 0 Å². The average Bonchev–Trinajstić information content (AvgIpc) is 2.94. The van der Waals surface area contributed by atoms with Crippen LogP contribution in [-0.4, -0.2) is 19.9 Å². The van der Waals surface area contributed by atoms with E-state index in [4.69, 9.17) is 5.14 Å². The number of benzene rings is 1. The highest BCUT2D eigenvalue weighted by molar-refractivity contribution is 7.89. The smallest absolute Gasteiger partial charge is 0.254 e. The molecule has 1 aliphatic carbocycles. The van der Waals surface area contributed by atoms with Crippen molar-refractivity contribution in [2.45, 2.75) is 30.2 Å². The van der Waals surface area contributed by atoms with Gasteiger partial charge in [-0.1, -0.05) is 0 Å². The Hall–Kier alpha value is -1.47. The SMILES string of the molecule is CC1(NC(=O)c2ccc(S(N)(=O)=O)cc2F)CC1. The van der Waals surface area contributed by atoms with Crippen LogP contribution in [0.15, 0.2) is 23.1 Å². The zero-order chi connectivity index (χ0) is 13.6. The average molecular weight is 272 g/mol. The first-order valence-electron chi connectivity index (χ1n) is 5.36. The molecule has 18 heavy (non-hydrogen) atoms. The molecule has 0 unspecified atom stereocenters. The topological polar surface area (TPSA) is 89.3 Å². The van der Waals surface area contributed by atoms with Gasteiger partial charge in [-0.05, 0) is 38.0 Å². The fourth-order valence-corrected chi connectivity index (χ4v) is 2.04. The summed E-state index contributed by atoms with van der Waals surface area (Å²) in [5.74, 6) is -1.45. The van der Waals surface area contributed by atoms with Gasteiger partial charge in [-0.2, -0.15) is 0 Å². The van der Waals surface area contributed by atoms with E-state index in [-0.39, 0.29) is 16.0 Å². The van der Waals surface area contributed by atoms with E-state index in [2.05, 4.69) is 5.32 Å². The number of primary sulfonamides is 1. The van der Waals surface area contributed by atoms with Gasteiger partial charge in [0.25, 0.3) is 5.91 Å². The first-order valence-corrected chi connectivity index (χ1v) is 6.91. The molecule has 1 aromatic rings. The number of nitrogens with one attached hydrogen (secondary N) is 1. The minimum absolute atomic E-state index is 0.185. The molecule has 0 radical (unpaired) electrons. The summed E-state index contributed by atoms with van der Waals surface area (Å²) in [5.41, 5.74) is -0.446. The largest absolute Gasteiger partial charge is 0.347 e. The third-order valence-corrected chi connectivity index (χ3v) is 3.84. The van der Waals surface area contributed by atoms with Crippen LogP contribution in [0.1, 0.15) is 30.1 Å². The van der Waals surface area contributed by atoms with E-state index in [1.165, 1.54) is 0 Å². The summed E-state index contributed by atoms with van der Waals surface area (Å²) < 4.78 is 35.7. The molecule has 0 heterocycles. The molecule has 1 saturated carbocycles. The minimum Gasteiger partial charge on any atom is -0.347 e. The molecule has 1 fully saturated rings. The maximum absolute atomic E-state index is 13.6. The predicted molar refractivity (Wildman–Crippen MR) is 62.9 cm³/mol. The van der Waals surface area contributed by atoms with Gasteiger partial charge >= 0.3 is 0 Å². The van der Waals surface area contributed by atoms with Crippen LogP contribution in [0, 0.1) is 5.82 Å². The molecule has 0 spiro atoms. The van der Waals surface area contributed by atoms with Crippen LogP contribution in [0.2, 0.25) is 0 Å². The lowest BCUT2D eigenvalue weighted by Gasteiger charge is -2.12. The molecule has 0 saturated heterocycles. The zero-order valence-electron chi connectivity index (χ0n) is 9.73. The molecule has 1 aromatic carbocycles. The second-order valence-corrected chi connectivity index (χ2v) is 6.26. The van der Waals surface area contributed by atoms with Crippen LogP contribution in [0.5, 0.6) is 0 Å². The summed E-state index contributed by atoms with van der Waals surface area (Å²) in [5, 5.41) is 7.55. The first kappa shape index (κ1) is 13.0. The fraction of sp³-hybridized carbons (Fsp3) is 0.364. The molecule has 1 amide bonds. The Morgan fingerprint density at radius 2 is 2.06 bits per heavy atom. The van der Waals surface area contributed by atoms with E-state index in [0.717, 1.165) is 31.0 Å². The fourth-order valence-electron chi connectivity index (χ4n) is 1.51. The number of hydrogen-bond acceptors (Lipinski definition) is 3. The molecular weight excluding hydrogens is 259 g/mol. The van der Waals surface area contributed by atoms with Crippen molar-refractivity contribution < 1.29 is 17.6 Å². The number of nitrogens with two attached hydrogens (primary N) is 1. The highest BCUT2D eigenvalue weighted by atomic mass is 32.2. The van der Waals surface area contributed by atoms with Crippen molar-refractivity contribution in [3.05, 3.63) is 29.6 Å².